The van der Waals surface area contributed by atoms with Crippen LogP contribution >= 0.6 is 0 Å². The van der Waals surface area contributed by atoms with E-state index in [1.807, 2.05) is 14.1 Å². The number of nitrogens with zero attached hydrogens (tertiary/aromatic N) is 2. The number of rotatable bonds is 5. The Hall–Kier alpha value is -1.69. The van der Waals surface area contributed by atoms with Crippen molar-refractivity contribution in [3.63, 3.8) is 0 Å². The molecule has 1 atom stereocenters. The van der Waals surface area contributed by atoms with Crippen molar-refractivity contribution in [3.05, 3.63) is 28.4 Å². The monoisotopic (exact) mass is 252 g/mol. The lowest BCUT2D eigenvalue weighted by molar-refractivity contribution is 0.0929. The Morgan fingerprint density at radius 2 is 2.11 bits per heavy atom. The molecule has 0 saturated carbocycles. The minimum absolute atomic E-state index is 0.184. The maximum absolute atomic E-state index is 11.8. The molecule has 6 nitrogen and oxygen atoms in total. The molecule has 2 N–H and O–H groups in total. The fourth-order valence-corrected chi connectivity index (χ4v) is 1.80. The van der Waals surface area contributed by atoms with Crippen LogP contribution in [0.4, 0.5) is 0 Å². The fraction of sp³-hybridized carbons (Fsp3) is 0.583. The van der Waals surface area contributed by atoms with Gasteiger partial charge in [0.15, 0.2) is 0 Å². The Morgan fingerprint density at radius 1 is 1.44 bits per heavy atom. The number of hydrogen-bond donors (Lipinski definition) is 2. The van der Waals surface area contributed by atoms with Crippen molar-refractivity contribution in [3.8, 4) is 0 Å². The molecule has 0 fully saturated rings. The lowest BCUT2D eigenvalue weighted by atomic mass is 10.0. The molecule has 0 bridgehead atoms. The van der Waals surface area contributed by atoms with Crippen LogP contribution in [0.2, 0.25) is 0 Å². The lowest BCUT2D eigenvalue weighted by Crippen LogP contribution is -2.43. The normalized spacial score (nSPS) is 12.8. The first-order chi connectivity index (χ1) is 8.41. The standard InChI is InChI=1S/C12H20N4O2/c1-8(2)10(16(3)4)6-14-12(18)9-5-13-7-11(17)15-9/h5,7-8,10H,6H2,1-4H3,(H,14,18)(H,15,17)/t10-/m0/s1. The van der Waals surface area contributed by atoms with Gasteiger partial charge in [-0.05, 0) is 20.0 Å². The molecule has 1 heterocycles. The number of H-pyrrole nitrogens is 1. The van der Waals surface area contributed by atoms with Gasteiger partial charge in [-0.25, -0.2) is 0 Å². The van der Waals surface area contributed by atoms with Gasteiger partial charge in [-0.15, -0.1) is 0 Å². The van der Waals surface area contributed by atoms with E-state index in [2.05, 4.69) is 34.0 Å². The van der Waals surface area contributed by atoms with E-state index in [-0.39, 0.29) is 23.2 Å². The second-order valence-corrected chi connectivity index (χ2v) is 4.80. The van der Waals surface area contributed by atoms with Crippen molar-refractivity contribution in [2.75, 3.05) is 20.6 Å². The summed E-state index contributed by atoms with van der Waals surface area (Å²) < 4.78 is 0. The Bertz CT molecular complexity index is 445. The van der Waals surface area contributed by atoms with Crippen molar-refractivity contribution in [2.45, 2.75) is 19.9 Å². The van der Waals surface area contributed by atoms with Gasteiger partial charge in [-0.3, -0.25) is 14.6 Å². The average Bonchev–Trinajstić information content (AvgIpc) is 2.28. The molecular weight excluding hydrogens is 232 g/mol. The summed E-state index contributed by atoms with van der Waals surface area (Å²) in [5.74, 6) is 0.112. The Kier molecular flexibility index (Phi) is 5.03. The number of carbonyl (C=O) groups is 1. The van der Waals surface area contributed by atoms with Crippen LogP contribution in [0, 0.1) is 5.92 Å². The molecule has 6 heteroatoms. The molecule has 18 heavy (non-hydrogen) atoms. The van der Waals surface area contributed by atoms with E-state index in [0.717, 1.165) is 6.20 Å². The molecule has 1 amide bonds. The number of likely N-dealkylation sites (N-methyl/N-ethyl adjacent to an activating group) is 1. The van der Waals surface area contributed by atoms with Crippen LogP contribution in [-0.4, -0.2) is 47.5 Å². The fourth-order valence-electron chi connectivity index (χ4n) is 1.80. The number of carbonyl (C=O) groups excluding carboxylic acids is 1. The van der Waals surface area contributed by atoms with E-state index in [1.54, 1.807) is 0 Å². The van der Waals surface area contributed by atoms with E-state index in [9.17, 15) is 9.59 Å². The third-order valence-corrected chi connectivity index (χ3v) is 2.80. The predicted molar refractivity (Wildman–Crippen MR) is 69.5 cm³/mol. The molecule has 0 spiro atoms. The molecule has 1 aromatic rings. The maximum Gasteiger partial charge on any atom is 0.269 e. The van der Waals surface area contributed by atoms with Crippen LogP contribution in [-0.2, 0) is 0 Å². The number of aromatic amines is 1. The summed E-state index contributed by atoms with van der Waals surface area (Å²) >= 11 is 0. The highest BCUT2D eigenvalue weighted by Crippen LogP contribution is 2.06. The molecule has 0 radical (unpaired) electrons. The number of aromatic nitrogens is 2. The van der Waals surface area contributed by atoms with Crippen molar-refractivity contribution in [2.24, 2.45) is 5.92 Å². The van der Waals surface area contributed by atoms with Crippen LogP contribution in [0.1, 0.15) is 24.3 Å². The first-order valence-electron chi connectivity index (χ1n) is 5.90. The van der Waals surface area contributed by atoms with Gasteiger partial charge >= 0.3 is 0 Å². The molecule has 0 aliphatic rings. The zero-order valence-corrected chi connectivity index (χ0v) is 11.2. The zero-order valence-electron chi connectivity index (χ0n) is 11.2. The third kappa shape index (κ3) is 3.96. The van der Waals surface area contributed by atoms with Gasteiger partial charge in [0.05, 0.1) is 12.4 Å². The Balaban J connectivity index is 2.63. The molecule has 1 rings (SSSR count). The van der Waals surface area contributed by atoms with Gasteiger partial charge in [-0.2, -0.15) is 0 Å². The molecule has 0 unspecified atom stereocenters. The Morgan fingerprint density at radius 3 is 2.61 bits per heavy atom. The van der Waals surface area contributed by atoms with E-state index >= 15 is 0 Å². The first kappa shape index (κ1) is 14.4. The largest absolute Gasteiger partial charge is 0.349 e. The summed E-state index contributed by atoms with van der Waals surface area (Å²) in [6.07, 6.45) is 2.48. The van der Waals surface area contributed by atoms with Crippen LogP contribution in [0.3, 0.4) is 0 Å². The van der Waals surface area contributed by atoms with Crippen LogP contribution in [0.15, 0.2) is 17.2 Å². The van der Waals surface area contributed by atoms with Gasteiger partial charge in [0, 0.05) is 12.6 Å². The molecule has 1 aromatic heterocycles. The number of amides is 1. The quantitative estimate of drug-likeness (QED) is 0.778. The van der Waals surface area contributed by atoms with Gasteiger partial charge in [-0.1, -0.05) is 13.8 Å². The molecule has 0 aromatic carbocycles. The van der Waals surface area contributed by atoms with E-state index in [0.29, 0.717) is 12.5 Å². The highest BCUT2D eigenvalue weighted by molar-refractivity contribution is 5.91. The average molecular weight is 252 g/mol. The summed E-state index contributed by atoms with van der Waals surface area (Å²) in [4.78, 5) is 31.0. The molecular formula is C12H20N4O2. The topological polar surface area (TPSA) is 78.1 Å². The minimum Gasteiger partial charge on any atom is -0.349 e. The molecule has 100 valence electrons. The molecule has 0 aliphatic carbocycles. The first-order valence-corrected chi connectivity index (χ1v) is 5.90. The van der Waals surface area contributed by atoms with Gasteiger partial charge in [0.25, 0.3) is 11.5 Å². The summed E-state index contributed by atoms with van der Waals surface area (Å²) in [5.41, 5.74) is -0.195. The maximum atomic E-state index is 11.8. The van der Waals surface area contributed by atoms with Crippen molar-refractivity contribution < 1.29 is 4.79 Å². The van der Waals surface area contributed by atoms with Gasteiger partial charge < -0.3 is 15.2 Å². The van der Waals surface area contributed by atoms with E-state index in [1.165, 1.54) is 6.20 Å². The highest BCUT2D eigenvalue weighted by atomic mass is 16.2. The highest BCUT2D eigenvalue weighted by Gasteiger charge is 2.17. The van der Waals surface area contributed by atoms with Gasteiger partial charge in [0.2, 0.25) is 0 Å². The van der Waals surface area contributed by atoms with E-state index < -0.39 is 0 Å². The van der Waals surface area contributed by atoms with Crippen molar-refractivity contribution in [1.29, 1.82) is 0 Å². The predicted octanol–water partition coefficient (Wildman–Crippen LogP) is 0.0859. The minimum atomic E-state index is -0.379. The third-order valence-electron chi connectivity index (χ3n) is 2.80. The van der Waals surface area contributed by atoms with Crippen molar-refractivity contribution in [1.82, 2.24) is 20.2 Å². The lowest BCUT2D eigenvalue weighted by Gasteiger charge is -2.27. The molecule has 0 aliphatic heterocycles. The zero-order chi connectivity index (χ0) is 13.7. The van der Waals surface area contributed by atoms with E-state index in [4.69, 9.17) is 0 Å². The number of nitrogens with one attached hydrogen (secondary N) is 2. The van der Waals surface area contributed by atoms with Crippen molar-refractivity contribution >= 4 is 5.91 Å². The summed E-state index contributed by atoms with van der Waals surface area (Å²) in [5, 5.41) is 2.80. The number of hydrogen-bond acceptors (Lipinski definition) is 4. The second-order valence-electron chi connectivity index (χ2n) is 4.80. The second kappa shape index (κ2) is 6.30. The SMILES string of the molecule is CC(C)[C@H](CNC(=O)c1cncc(=O)[nH]1)N(C)C. The summed E-state index contributed by atoms with van der Waals surface area (Å²) in [6.45, 7) is 4.73. The van der Waals surface area contributed by atoms with Gasteiger partial charge in [0.1, 0.15) is 5.69 Å². The van der Waals surface area contributed by atoms with Crippen LogP contribution < -0.4 is 10.9 Å². The summed E-state index contributed by atoms with van der Waals surface area (Å²) in [7, 11) is 3.95. The van der Waals surface area contributed by atoms with Crippen LogP contribution in [0.5, 0.6) is 0 Å². The van der Waals surface area contributed by atoms with Crippen LogP contribution in [0.25, 0.3) is 0 Å². The summed E-state index contributed by atoms with van der Waals surface area (Å²) in [6, 6.07) is 0.248. The smallest absolute Gasteiger partial charge is 0.269 e. The Labute approximate surface area is 106 Å². The molecule has 0 saturated heterocycles.